The Morgan fingerprint density at radius 3 is 2.52 bits per heavy atom. The molecule has 0 aliphatic carbocycles. The maximum absolute atomic E-state index is 13.6. The lowest BCUT2D eigenvalue weighted by Crippen LogP contribution is -2.30. The van der Waals surface area contributed by atoms with E-state index in [9.17, 15) is 22.4 Å². The minimum Gasteiger partial charge on any atom is -0.481 e. The number of sulfonamides is 1. The van der Waals surface area contributed by atoms with E-state index in [0.29, 0.717) is 0 Å². The van der Waals surface area contributed by atoms with Crippen LogP contribution in [0.5, 0.6) is 0 Å². The lowest BCUT2D eigenvalue weighted by Gasteiger charge is -2.17. The maximum Gasteiger partial charge on any atom is 0.308 e. The summed E-state index contributed by atoms with van der Waals surface area (Å²) in [6, 6.07) is 3.34. The minimum atomic E-state index is -3.68. The average Bonchev–Trinajstić information content (AvgIpc) is 2.81. The van der Waals surface area contributed by atoms with Gasteiger partial charge in [0.1, 0.15) is 5.82 Å². The van der Waals surface area contributed by atoms with Gasteiger partial charge in [-0.15, -0.1) is 0 Å². The Hall–Kier alpha value is -2.16. The van der Waals surface area contributed by atoms with Crippen molar-refractivity contribution in [2.24, 2.45) is 11.8 Å². The summed E-state index contributed by atoms with van der Waals surface area (Å²) in [4.78, 5) is 24.9. The molecule has 1 saturated heterocycles. The Bertz CT molecular complexity index is 750. The number of amides is 1. The number of anilines is 1. The van der Waals surface area contributed by atoms with Crippen molar-refractivity contribution in [2.45, 2.75) is 6.92 Å². The smallest absolute Gasteiger partial charge is 0.308 e. The zero-order valence-electron chi connectivity index (χ0n) is 12.6. The first-order valence-corrected chi connectivity index (χ1v) is 8.77. The van der Waals surface area contributed by atoms with Gasteiger partial charge in [0, 0.05) is 18.7 Å². The van der Waals surface area contributed by atoms with E-state index in [-0.39, 0.29) is 30.3 Å². The molecule has 0 aromatic heterocycles. The number of halogens is 1. The van der Waals surface area contributed by atoms with Crippen LogP contribution in [0.25, 0.3) is 0 Å². The van der Waals surface area contributed by atoms with E-state index < -0.39 is 33.6 Å². The Morgan fingerprint density at radius 1 is 1.35 bits per heavy atom. The van der Waals surface area contributed by atoms with Gasteiger partial charge in [-0.25, -0.2) is 12.8 Å². The summed E-state index contributed by atoms with van der Waals surface area (Å²) >= 11 is 0. The molecular weight excluding hydrogens is 327 g/mol. The Balaban J connectivity index is 2.24. The number of rotatable bonds is 4. The number of carbonyl (C=O) groups is 2. The summed E-state index contributed by atoms with van der Waals surface area (Å²) in [6.07, 6.45) is 0.876. The highest BCUT2D eigenvalue weighted by Gasteiger charge is 2.37. The molecule has 0 radical (unpaired) electrons. The van der Waals surface area contributed by atoms with E-state index in [1.54, 1.807) is 6.92 Å². The molecule has 0 saturated carbocycles. The number of nitrogens with zero attached hydrogens (tertiary/aromatic N) is 1. The first kappa shape index (κ1) is 17.2. The second-order valence-electron chi connectivity index (χ2n) is 5.70. The topological polar surface area (TPSA) is 104 Å². The van der Waals surface area contributed by atoms with Crippen molar-refractivity contribution in [1.29, 1.82) is 0 Å². The van der Waals surface area contributed by atoms with Crippen LogP contribution in [0.1, 0.15) is 17.3 Å². The van der Waals surface area contributed by atoms with Gasteiger partial charge in [-0.05, 0) is 24.1 Å². The molecule has 7 nitrogen and oxygen atoms in total. The first-order chi connectivity index (χ1) is 10.6. The van der Waals surface area contributed by atoms with E-state index in [4.69, 9.17) is 5.11 Å². The van der Waals surface area contributed by atoms with Crippen LogP contribution in [0, 0.1) is 17.7 Å². The predicted molar refractivity (Wildman–Crippen MR) is 81.1 cm³/mol. The summed E-state index contributed by atoms with van der Waals surface area (Å²) < 4.78 is 38.1. The highest BCUT2D eigenvalue weighted by Crippen LogP contribution is 2.26. The predicted octanol–water partition coefficient (Wildman–Crippen LogP) is 0.990. The lowest BCUT2D eigenvalue weighted by atomic mass is 9.99. The van der Waals surface area contributed by atoms with Crippen LogP contribution in [0.4, 0.5) is 10.1 Å². The largest absolute Gasteiger partial charge is 0.481 e. The van der Waals surface area contributed by atoms with Crippen LogP contribution in [-0.2, 0) is 14.8 Å². The molecule has 1 fully saturated rings. The number of carbonyl (C=O) groups excluding carboxylic acids is 1. The molecule has 23 heavy (non-hydrogen) atoms. The summed E-state index contributed by atoms with van der Waals surface area (Å²) in [5, 5.41) is 9.10. The van der Waals surface area contributed by atoms with Crippen LogP contribution in [0.3, 0.4) is 0 Å². The van der Waals surface area contributed by atoms with Gasteiger partial charge in [0.2, 0.25) is 10.0 Å². The van der Waals surface area contributed by atoms with E-state index >= 15 is 0 Å². The lowest BCUT2D eigenvalue weighted by molar-refractivity contribution is -0.142. The van der Waals surface area contributed by atoms with Crippen LogP contribution in [-0.4, -0.2) is 49.6 Å². The number of nitrogens with one attached hydrogen (secondary N) is 1. The summed E-state index contributed by atoms with van der Waals surface area (Å²) in [5.74, 6) is -3.06. The number of benzene rings is 1. The second-order valence-corrected chi connectivity index (χ2v) is 7.45. The van der Waals surface area contributed by atoms with Crippen molar-refractivity contribution in [3.05, 3.63) is 29.6 Å². The van der Waals surface area contributed by atoms with E-state index in [1.165, 1.54) is 11.0 Å². The molecule has 9 heteroatoms. The summed E-state index contributed by atoms with van der Waals surface area (Å²) in [6.45, 7) is 2.09. The van der Waals surface area contributed by atoms with Crippen molar-refractivity contribution in [1.82, 2.24) is 4.90 Å². The van der Waals surface area contributed by atoms with Gasteiger partial charge in [0.25, 0.3) is 5.91 Å². The van der Waals surface area contributed by atoms with Gasteiger partial charge in [-0.3, -0.25) is 14.3 Å². The van der Waals surface area contributed by atoms with E-state index in [0.717, 1.165) is 18.4 Å². The van der Waals surface area contributed by atoms with Crippen molar-refractivity contribution >= 4 is 27.6 Å². The monoisotopic (exact) mass is 344 g/mol. The molecular formula is C14H17FN2O5S. The third kappa shape index (κ3) is 3.98. The van der Waals surface area contributed by atoms with Gasteiger partial charge >= 0.3 is 5.97 Å². The molecule has 2 N–H and O–H groups in total. The first-order valence-electron chi connectivity index (χ1n) is 6.88. The number of likely N-dealkylation sites (tertiary alicyclic amines) is 1. The molecule has 2 rings (SSSR count). The quantitative estimate of drug-likeness (QED) is 0.848. The van der Waals surface area contributed by atoms with Gasteiger partial charge in [-0.1, -0.05) is 6.92 Å². The fourth-order valence-corrected chi connectivity index (χ4v) is 3.13. The molecule has 1 aliphatic heterocycles. The third-order valence-electron chi connectivity index (χ3n) is 3.73. The van der Waals surface area contributed by atoms with Crippen molar-refractivity contribution in [2.75, 3.05) is 24.1 Å². The normalized spacial score (nSPS) is 21.3. The Kier molecular flexibility index (Phi) is 4.60. The van der Waals surface area contributed by atoms with Gasteiger partial charge in [0.05, 0.1) is 17.9 Å². The molecule has 1 heterocycles. The SMILES string of the molecule is C[C@@H]1CN(C(=O)c2ccc(F)c(NS(C)(=O)=O)c2)C[C@H]1C(=O)O. The molecule has 1 amide bonds. The highest BCUT2D eigenvalue weighted by atomic mass is 32.2. The van der Waals surface area contributed by atoms with Crippen LogP contribution in [0.2, 0.25) is 0 Å². The van der Waals surface area contributed by atoms with Crippen LogP contribution in [0.15, 0.2) is 18.2 Å². The molecule has 1 aromatic rings. The third-order valence-corrected chi connectivity index (χ3v) is 4.32. The maximum atomic E-state index is 13.6. The Morgan fingerprint density at radius 2 is 2.00 bits per heavy atom. The number of carboxylic acids is 1. The zero-order chi connectivity index (χ0) is 17.4. The van der Waals surface area contributed by atoms with E-state index in [2.05, 4.69) is 0 Å². The molecule has 1 aliphatic rings. The van der Waals surface area contributed by atoms with Crippen LogP contribution >= 0.6 is 0 Å². The van der Waals surface area contributed by atoms with Crippen molar-refractivity contribution < 1.29 is 27.5 Å². The average molecular weight is 344 g/mol. The number of aliphatic carboxylic acids is 1. The number of hydrogen-bond acceptors (Lipinski definition) is 4. The summed E-state index contributed by atoms with van der Waals surface area (Å²) in [7, 11) is -3.68. The number of hydrogen-bond donors (Lipinski definition) is 2. The van der Waals surface area contributed by atoms with Crippen molar-refractivity contribution in [3.8, 4) is 0 Å². The zero-order valence-corrected chi connectivity index (χ0v) is 13.4. The molecule has 2 atom stereocenters. The molecule has 0 bridgehead atoms. The molecule has 0 unspecified atom stereocenters. The fraction of sp³-hybridized carbons (Fsp3) is 0.429. The second kappa shape index (κ2) is 6.15. The van der Waals surface area contributed by atoms with Gasteiger partial charge in [-0.2, -0.15) is 0 Å². The fourth-order valence-electron chi connectivity index (χ4n) is 2.57. The van der Waals surface area contributed by atoms with E-state index in [1.807, 2.05) is 4.72 Å². The van der Waals surface area contributed by atoms with Crippen LogP contribution < -0.4 is 4.72 Å². The Labute approximate surface area is 133 Å². The molecule has 126 valence electrons. The number of carboxylic acid groups (broad SMARTS) is 1. The highest BCUT2D eigenvalue weighted by molar-refractivity contribution is 7.92. The van der Waals surface area contributed by atoms with Gasteiger partial charge in [0.15, 0.2) is 0 Å². The van der Waals surface area contributed by atoms with Gasteiger partial charge < -0.3 is 10.0 Å². The van der Waals surface area contributed by atoms with Crippen molar-refractivity contribution in [3.63, 3.8) is 0 Å². The standard InChI is InChI=1S/C14H17FN2O5S/c1-8-6-17(7-10(8)14(19)20)13(18)9-3-4-11(15)12(5-9)16-23(2,21)22/h3-5,8,10,16H,6-7H2,1-2H3,(H,19,20)/t8-,10-/m1/s1. The molecule has 1 aromatic carbocycles. The minimum absolute atomic E-state index is 0.0710. The summed E-state index contributed by atoms with van der Waals surface area (Å²) in [5.41, 5.74) is -0.226. The molecule has 0 spiro atoms.